The summed E-state index contributed by atoms with van der Waals surface area (Å²) in [7, 11) is 0. The van der Waals surface area contributed by atoms with Crippen molar-refractivity contribution in [3.8, 4) is 11.1 Å². The lowest BCUT2D eigenvalue weighted by Gasteiger charge is -2.40. The third kappa shape index (κ3) is 8.78. The molecule has 0 unspecified atom stereocenters. The number of allylic oxidation sites excluding steroid dienone is 1. The van der Waals surface area contributed by atoms with E-state index in [1.807, 2.05) is 13.0 Å². The minimum Gasteiger partial charge on any atom is -0.381 e. The van der Waals surface area contributed by atoms with E-state index in [0.717, 1.165) is 75.0 Å². The van der Waals surface area contributed by atoms with E-state index in [1.165, 1.54) is 36.0 Å². The molecule has 4 aromatic carbocycles. The highest BCUT2D eigenvalue weighted by Crippen LogP contribution is 2.36. The molecule has 5 rings (SSSR count). The molecule has 240 valence electrons. The van der Waals surface area contributed by atoms with E-state index in [0.29, 0.717) is 5.41 Å². The normalized spacial score (nSPS) is 13.8. The third-order valence-corrected chi connectivity index (χ3v) is 9.00. The average Bonchev–Trinajstić information content (AvgIpc) is 3.08. The topological polar surface area (TPSA) is 24.9 Å². The Kier molecular flexibility index (Phi) is 12.3. The Morgan fingerprint density at radius 3 is 1.89 bits per heavy atom. The Labute approximate surface area is 277 Å². The molecule has 4 heteroatoms. The quantitative estimate of drug-likeness (QED) is 0.0822. The van der Waals surface area contributed by atoms with Gasteiger partial charge < -0.3 is 19.3 Å². The summed E-state index contributed by atoms with van der Waals surface area (Å²) >= 11 is 0. The summed E-state index contributed by atoms with van der Waals surface area (Å²) in [5.41, 5.74) is 8.69. The van der Waals surface area contributed by atoms with Crippen molar-refractivity contribution < 1.29 is 9.47 Å². The maximum atomic E-state index is 5.97. The highest BCUT2D eigenvalue weighted by atomic mass is 16.5. The van der Waals surface area contributed by atoms with E-state index in [4.69, 9.17) is 9.47 Å². The first-order chi connectivity index (χ1) is 22.6. The third-order valence-electron chi connectivity index (χ3n) is 9.00. The molecule has 0 bridgehead atoms. The van der Waals surface area contributed by atoms with Gasteiger partial charge in [-0.25, -0.2) is 0 Å². The molecule has 0 spiro atoms. The summed E-state index contributed by atoms with van der Waals surface area (Å²) in [4.78, 5) is 4.52. The molecule has 46 heavy (non-hydrogen) atoms. The highest BCUT2D eigenvalue weighted by molar-refractivity contribution is 5.78. The van der Waals surface area contributed by atoms with Crippen LogP contribution in [0.5, 0.6) is 0 Å². The lowest BCUT2D eigenvalue weighted by molar-refractivity contribution is -0.150. The molecule has 0 amide bonds. The van der Waals surface area contributed by atoms with Crippen LogP contribution >= 0.6 is 0 Å². The standard InChI is InChI=1S/C42H50N2O2/c1-4-29-43(30-5-2)38-25-19-36(20-26-38)37-21-27-41(28-22-37)44(39-15-11-9-12-16-39)40-23-17-35(18-24-40)14-10-7-8-13-31-45-32-42(6-3)33-46-34-42/h4-5,9,11-12,15-28,30H,1,6-8,10,13-14,29,31-34H2,2-3H3/b30-5+. The number of hydrogen-bond acceptors (Lipinski definition) is 4. The summed E-state index contributed by atoms with van der Waals surface area (Å²) in [6.45, 7) is 12.4. The lowest BCUT2D eigenvalue weighted by atomic mass is 9.84. The number of benzene rings is 4. The van der Waals surface area contributed by atoms with Crippen LogP contribution in [0, 0.1) is 5.41 Å². The van der Waals surface area contributed by atoms with E-state index in [2.05, 4.69) is 139 Å². The van der Waals surface area contributed by atoms with Crippen LogP contribution in [0.2, 0.25) is 0 Å². The maximum absolute atomic E-state index is 5.97. The molecule has 0 aliphatic carbocycles. The van der Waals surface area contributed by atoms with Gasteiger partial charge in [0.15, 0.2) is 0 Å². The molecule has 4 nitrogen and oxygen atoms in total. The van der Waals surface area contributed by atoms with Gasteiger partial charge in [0, 0.05) is 47.5 Å². The van der Waals surface area contributed by atoms with Crippen LogP contribution in [-0.2, 0) is 15.9 Å². The SMILES string of the molecule is C=CCN(/C=C/C)c1ccc(-c2ccc(N(c3ccccc3)c3ccc(CCCCCCOCC4(CC)COC4)cc3)cc2)cc1. The van der Waals surface area contributed by atoms with Crippen molar-refractivity contribution in [2.45, 2.75) is 52.4 Å². The molecule has 0 radical (unpaired) electrons. The zero-order valence-corrected chi connectivity index (χ0v) is 27.7. The van der Waals surface area contributed by atoms with E-state index >= 15 is 0 Å². The van der Waals surface area contributed by atoms with Crippen molar-refractivity contribution in [3.05, 3.63) is 134 Å². The molecule has 0 N–H and O–H groups in total. The van der Waals surface area contributed by atoms with Gasteiger partial charge in [0.2, 0.25) is 0 Å². The fourth-order valence-electron chi connectivity index (χ4n) is 6.01. The fraction of sp³-hybridized carbons (Fsp3) is 0.333. The summed E-state index contributed by atoms with van der Waals surface area (Å²) in [6.07, 6.45) is 13.1. The largest absolute Gasteiger partial charge is 0.381 e. The van der Waals surface area contributed by atoms with Gasteiger partial charge in [-0.1, -0.05) is 86.5 Å². The minimum absolute atomic E-state index is 0.291. The molecule has 1 heterocycles. The maximum Gasteiger partial charge on any atom is 0.0566 e. The average molecular weight is 615 g/mol. The molecule has 1 saturated heterocycles. The molecule has 1 fully saturated rings. The van der Waals surface area contributed by atoms with Gasteiger partial charge in [0.1, 0.15) is 0 Å². The predicted molar refractivity (Wildman–Crippen MR) is 195 cm³/mol. The number of para-hydroxylation sites is 1. The minimum atomic E-state index is 0.291. The number of ether oxygens (including phenoxy) is 2. The van der Waals surface area contributed by atoms with Crippen molar-refractivity contribution in [2.24, 2.45) is 5.41 Å². The smallest absolute Gasteiger partial charge is 0.0566 e. The van der Waals surface area contributed by atoms with E-state index in [1.54, 1.807) is 0 Å². The van der Waals surface area contributed by atoms with Crippen LogP contribution in [0.4, 0.5) is 22.7 Å². The summed E-state index contributed by atoms with van der Waals surface area (Å²) in [6, 6.07) is 37.3. The zero-order chi connectivity index (χ0) is 32.0. The number of nitrogens with zero attached hydrogens (tertiary/aromatic N) is 2. The van der Waals surface area contributed by atoms with Gasteiger partial charge in [-0.05, 0) is 97.8 Å². The molecule has 1 aliphatic rings. The van der Waals surface area contributed by atoms with Crippen LogP contribution in [0.25, 0.3) is 11.1 Å². The Bertz CT molecular complexity index is 1490. The van der Waals surface area contributed by atoms with Crippen LogP contribution in [-0.4, -0.2) is 33.0 Å². The second-order valence-electron chi connectivity index (χ2n) is 12.4. The highest BCUT2D eigenvalue weighted by Gasteiger charge is 2.36. The van der Waals surface area contributed by atoms with Crippen molar-refractivity contribution in [1.29, 1.82) is 0 Å². The molecular formula is C42H50N2O2. The second kappa shape index (κ2) is 17.0. The van der Waals surface area contributed by atoms with Gasteiger partial charge in [-0.15, -0.1) is 6.58 Å². The van der Waals surface area contributed by atoms with Gasteiger partial charge in [0.25, 0.3) is 0 Å². The molecule has 0 saturated carbocycles. The van der Waals surface area contributed by atoms with Crippen LogP contribution in [0.15, 0.2) is 128 Å². The van der Waals surface area contributed by atoms with Crippen LogP contribution in [0.3, 0.4) is 0 Å². The summed E-state index contributed by atoms with van der Waals surface area (Å²) < 4.78 is 11.4. The van der Waals surface area contributed by atoms with Crippen molar-refractivity contribution in [2.75, 3.05) is 42.8 Å². The van der Waals surface area contributed by atoms with E-state index in [9.17, 15) is 0 Å². The number of hydrogen-bond donors (Lipinski definition) is 0. The number of rotatable bonds is 18. The Hall–Kier alpha value is -4.12. The van der Waals surface area contributed by atoms with Crippen molar-refractivity contribution in [3.63, 3.8) is 0 Å². The summed E-state index contributed by atoms with van der Waals surface area (Å²) in [5.74, 6) is 0. The second-order valence-corrected chi connectivity index (χ2v) is 12.4. The molecular weight excluding hydrogens is 564 g/mol. The summed E-state index contributed by atoms with van der Waals surface area (Å²) in [5, 5.41) is 0. The Morgan fingerprint density at radius 1 is 0.739 bits per heavy atom. The first-order valence-electron chi connectivity index (χ1n) is 17.0. The Balaban J connectivity index is 1.18. The Morgan fingerprint density at radius 2 is 1.33 bits per heavy atom. The number of unbranched alkanes of at least 4 members (excludes halogenated alkanes) is 3. The zero-order valence-electron chi connectivity index (χ0n) is 27.7. The van der Waals surface area contributed by atoms with Crippen LogP contribution < -0.4 is 9.80 Å². The number of aryl methyl sites for hydroxylation is 1. The van der Waals surface area contributed by atoms with Crippen LogP contribution in [0.1, 0.15) is 51.5 Å². The van der Waals surface area contributed by atoms with Gasteiger partial charge in [-0.2, -0.15) is 0 Å². The van der Waals surface area contributed by atoms with E-state index < -0.39 is 0 Å². The van der Waals surface area contributed by atoms with E-state index in [-0.39, 0.29) is 0 Å². The fourth-order valence-corrected chi connectivity index (χ4v) is 6.01. The van der Waals surface area contributed by atoms with Gasteiger partial charge in [0.05, 0.1) is 19.8 Å². The van der Waals surface area contributed by atoms with Gasteiger partial charge in [-0.3, -0.25) is 0 Å². The predicted octanol–water partition coefficient (Wildman–Crippen LogP) is 10.9. The first-order valence-corrected chi connectivity index (χ1v) is 17.0. The monoisotopic (exact) mass is 614 g/mol. The first kappa shape index (κ1) is 33.2. The number of anilines is 4. The molecule has 0 atom stereocenters. The molecule has 1 aliphatic heterocycles. The molecule has 0 aromatic heterocycles. The van der Waals surface area contributed by atoms with Crippen molar-refractivity contribution in [1.82, 2.24) is 0 Å². The van der Waals surface area contributed by atoms with Gasteiger partial charge >= 0.3 is 0 Å². The molecule has 4 aromatic rings. The lowest BCUT2D eigenvalue weighted by Crippen LogP contribution is -2.45. The van der Waals surface area contributed by atoms with Crippen molar-refractivity contribution >= 4 is 22.7 Å².